The lowest BCUT2D eigenvalue weighted by atomic mass is 9.77. The number of phenols is 1. The van der Waals surface area contributed by atoms with Crippen molar-refractivity contribution < 1.29 is 9.90 Å². The lowest BCUT2D eigenvalue weighted by molar-refractivity contribution is 0.0965. The molecule has 3 heteroatoms. The van der Waals surface area contributed by atoms with Gasteiger partial charge < -0.3 is 5.11 Å². The second-order valence-corrected chi connectivity index (χ2v) is 9.68. The van der Waals surface area contributed by atoms with Crippen LogP contribution in [0.3, 0.4) is 0 Å². The molecule has 0 aliphatic rings. The summed E-state index contributed by atoms with van der Waals surface area (Å²) >= 11 is 6.57. The maximum atomic E-state index is 12.9. The molecule has 0 saturated carbocycles. The molecule has 0 fully saturated rings. The third-order valence-corrected chi connectivity index (χ3v) is 5.46. The summed E-state index contributed by atoms with van der Waals surface area (Å²) in [6.45, 7) is 16.3. The van der Waals surface area contributed by atoms with Crippen LogP contribution in [0.1, 0.15) is 96.1 Å². The zero-order valence-corrected chi connectivity index (χ0v) is 17.3. The first-order chi connectivity index (χ1) is 10.7. The summed E-state index contributed by atoms with van der Waals surface area (Å²) in [6.07, 6.45) is 1.83. The molecule has 1 rings (SSSR count). The Kier molecular flexibility index (Phi) is 6.20. The Hall–Kier alpha value is -1.02. The predicted octanol–water partition coefficient (Wildman–Crippen LogP) is 6.36. The van der Waals surface area contributed by atoms with E-state index in [0.717, 1.165) is 24.0 Å². The van der Waals surface area contributed by atoms with E-state index in [1.54, 1.807) is 0 Å². The van der Waals surface area contributed by atoms with Crippen LogP contribution < -0.4 is 0 Å². The fourth-order valence-corrected chi connectivity index (χ4v) is 2.95. The molecule has 24 heavy (non-hydrogen) atoms. The Morgan fingerprint density at radius 1 is 0.958 bits per heavy atom. The fraction of sp³-hybridized carbons (Fsp3) is 0.667. The average molecular weight is 353 g/mol. The number of carbonyl (C=O) groups excluding carboxylic acids is 1. The van der Waals surface area contributed by atoms with Crippen LogP contribution >= 0.6 is 11.6 Å². The maximum absolute atomic E-state index is 12.9. The Labute approximate surface area is 152 Å². The number of aromatic hydroxyl groups is 1. The first kappa shape index (κ1) is 21.0. The Balaban J connectivity index is 3.47. The summed E-state index contributed by atoms with van der Waals surface area (Å²) in [5, 5.41) is 10.8. The highest BCUT2D eigenvalue weighted by atomic mass is 35.5. The molecule has 1 N–H and O–H groups in total. The minimum Gasteiger partial charge on any atom is -0.507 e. The predicted molar refractivity (Wildman–Crippen MR) is 104 cm³/mol. The molecule has 1 aromatic rings. The Morgan fingerprint density at radius 3 is 1.62 bits per heavy atom. The van der Waals surface area contributed by atoms with Crippen LogP contribution in [0.4, 0.5) is 0 Å². The van der Waals surface area contributed by atoms with E-state index in [1.807, 2.05) is 67.5 Å². The summed E-state index contributed by atoms with van der Waals surface area (Å²) in [6, 6.07) is 3.69. The lowest BCUT2D eigenvalue weighted by Crippen LogP contribution is -2.25. The summed E-state index contributed by atoms with van der Waals surface area (Å²) in [4.78, 5) is 12.4. The van der Waals surface area contributed by atoms with Crippen molar-refractivity contribution in [1.82, 2.24) is 0 Å². The number of hydrogen-bond donors (Lipinski definition) is 1. The Morgan fingerprint density at radius 2 is 1.33 bits per heavy atom. The molecule has 136 valence electrons. The highest BCUT2D eigenvalue weighted by Crippen LogP contribution is 2.40. The Bertz CT molecular complexity index is 564. The first-order valence-corrected chi connectivity index (χ1v) is 9.23. The molecule has 2 nitrogen and oxygen atoms in total. The molecule has 0 unspecified atom stereocenters. The zero-order chi connectivity index (χ0) is 18.9. The summed E-state index contributed by atoms with van der Waals surface area (Å²) in [7, 11) is 0. The van der Waals surface area contributed by atoms with Crippen molar-refractivity contribution in [3.05, 3.63) is 28.8 Å². The number of Topliss-reactive ketones (excluding diaryl/α,β-unsaturated/α-hetero) is 1. The van der Waals surface area contributed by atoms with E-state index in [1.165, 1.54) is 0 Å². The molecule has 0 amide bonds. The van der Waals surface area contributed by atoms with Gasteiger partial charge in [-0.05, 0) is 35.8 Å². The van der Waals surface area contributed by atoms with Crippen molar-refractivity contribution in [3.8, 4) is 5.75 Å². The summed E-state index contributed by atoms with van der Waals surface area (Å²) in [5.41, 5.74) is 1.79. The minimum atomic E-state index is -0.487. The van der Waals surface area contributed by atoms with Crippen LogP contribution in [0.2, 0.25) is 0 Å². The quantitative estimate of drug-likeness (QED) is 0.494. The van der Waals surface area contributed by atoms with Gasteiger partial charge in [-0.2, -0.15) is 0 Å². The van der Waals surface area contributed by atoms with Crippen LogP contribution in [-0.4, -0.2) is 15.8 Å². The lowest BCUT2D eigenvalue weighted by Gasteiger charge is -2.29. The van der Waals surface area contributed by atoms with E-state index >= 15 is 0 Å². The molecule has 0 aliphatic heterocycles. The van der Waals surface area contributed by atoms with Gasteiger partial charge in [-0.25, -0.2) is 0 Å². The minimum absolute atomic E-state index is 0.0460. The number of rotatable bonds is 5. The van der Waals surface area contributed by atoms with Crippen LogP contribution in [0, 0.1) is 0 Å². The van der Waals surface area contributed by atoms with Crippen molar-refractivity contribution in [3.63, 3.8) is 0 Å². The van der Waals surface area contributed by atoms with Crippen LogP contribution in [0.5, 0.6) is 5.75 Å². The molecular weight excluding hydrogens is 320 g/mol. The van der Waals surface area contributed by atoms with E-state index in [2.05, 4.69) is 0 Å². The number of carbonyl (C=O) groups is 1. The van der Waals surface area contributed by atoms with Crippen molar-refractivity contribution in [2.24, 2.45) is 0 Å². The normalized spacial score (nSPS) is 13.2. The van der Waals surface area contributed by atoms with Crippen molar-refractivity contribution in [2.45, 2.75) is 90.4 Å². The largest absolute Gasteiger partial charge is 0.507 e. The van der Waals surface area contributed by atoms with Crippen molar-refractivity contribution in [1.29, 1.82) is 0 Å². The topological polar surface area (TPSA) is 37.3 Å². The van der Waals surface area contributed by atoms with E-state index in [4.69, 9.17) is 11.6 Å². The van der Waals surface area contributed by atoms with Crippen LogP contribution in [0.15, 0.2) is 12.1 Å². The second-order valence-electron chi connectivity index (χ2n) is 8.88. The van der Waals surface area contributed by atoms with Crippen LogP contribution in [-0.2, 0) is 10.8 Å². The maximum Gasteiger partial charge on any atom is 0.164 e. The van der Waals surface area contributed by atoms with E-state index in [-0.39, 0.29) is 16.6 Å². The SMILES string of the molecule is CCC(Cl)(CC)CC(=O)c1cc(C(C)(C)C)c(O)c(C(C)(C)C)c1. The highest BCUT2D eigenvalue weighted by Gasteiger charge is 2.31. The fourth-order valence-electron chi connectivity index (χ4n) is 2.83. The van der Waals surface area contributed by atoms with Gasteiger partial charge in [-0.3, -0.25) is 4.79 Å². The van der Waals surface area contributed by atoms with Gasteiger partial charge in [0.15, 0.2) is 5.78 Å². The standard InChI is InChI=1S/C21H33ClO2/c1-9-21(22,10-2)13-17(23)14-11-15(19(3,4)5)18(24)16(12-14)20(6,7)8/h11-12,24H,9-10,13H2,1-8H3. The van der Waals surface area contributed by atoms with Gasteiger partial charge in [-0.15, -0.1) is 11.6 Å². The van der Waals surface area contributed by atoms with Gasteiger partial charge in [0.25, 0.3) is 0 Å². The molecular formula is C21H33ClO2. The number of phenolic OH excluding ortho intramolecular Hbond substituents is 1. The van der Waals surface area contributed by atoms with E-state index < -0.39 is 4.87 Å². The third-order valence-electron chi connectivity index (χ3n) is 4.79. The molecule has 0 aromatic heterocycles. The van der Waals surface area contributed by atoms with Gasteiger partial charge in [0.1, 0.15) is 5.75 Å². The number of benzene rings is 1. The van der Waals surface area contributed by atoms with Gasteiger partial charge in [0, 0.05) is 23.1 Å². The van der Waals surface area contributed by atoms with E-state index in [0.29, 0.717) is 17.7 Å². The molecule has 0 saturated heterocycles. The molecule has 0 aliphatic carbocycles. The smallest absolute Gasteiger partial charge is 0.164 e. The van der Waals surface area contributed by atoms with Gasteiger partial charge >= 0.3 is 0 Å². The van der Waals surface area contributed by atoms with Gasteiger partial charge in [-0.1, -0.05) is 55.4 Å². The zero-order valence-electron chi connectivity index (χ0n) is 16.5. The summed E-state index contributed by atoms with van der Waals surface area (Å²) < 4.78 is 0. The number of alkyl halides is 1. The third kappa shape index (κ3) is 4.75. The number of halogens is 1. The summed E-state index contributed by atoms with van der Waals surface area (Å²) in [5.74, 6) is 0.347. The molecule has 0 bridgehead atoms. The second kappa shape index (κ2) is 7.07. The van der Waals surface area contributed by atoms with Crippen molar-refractivity contribution in [2.75, 3.05) is 0 Å². The van der Waals surface area contributed by atoms with E-state index in [9.17, 15) is 9.90 Å². The molecule has 1 aromatic carbocycles. The number of ketones is 1. The molecule has 0 heterocycles. The van der Waals surface area contributed by atoms with Crippen LogP contribution in [0.25, 0.3) is 0 Å². The molecule has 0 atom stereocenters. The molecule has 0 spiro atoms. The molecule has 0 radical (unpaired) electrons. The number of hydrogen-bond acceptors (Lipinski definition) is 2. The van der Waals surface area contributed by atoms with Gasteiger partial charge in [0.2, 0.25) is 0 Å². The average Bonchev–Trinajstić information content (AvgIpc) is 2.44. The first-order valence-electron chi connectivity index (χ1n) is 8.85. The monoisotopic (exact) mass is 352 g/mol. The van der Waals surface area contributed by atoms with Crippen molar-refractivity contribution >= 4 is 17.4 Å². The highest BCUT2D eigenvalue weighted by molar-refractivity contribution is 6.25. The van der Waals surface area contributed by atoms with Gasteiger partial charge in [0.05, 0.1) is 4.87 Å².